The van der Waals surface area contributed by atoms with E-state index in [0.717, 1.165) is 21.4 Å². The number of anilines is 1. The van der Waals surface area contributed by atoms with Crippen LogP contribution in [-0.4, -0.2) is 25.5 Å². The van der Waals surface area contributed by atoms with Crippen LogP contribution >= 0.6 is 43.5 Å². The molecule has 1 amide bonds. The topological polar surface area (TPSA) is 64.7 Å². The fraction of sp³-hybridized carbons (Fsp3) is 0.278. The summed E-state index contributed by atoms with van der Waals surface area (Å²) in [6, 6.07) is 7.12. The Morgan fingerprint density at radius 2 is 1.96 bits per heavy atom. The zero-order valence-electron chi connectivity index (χ0n) is 15.0. The fourth-order valence-electron chi connectivity index (χ4n) is 2.72. The van der Waals surface area contributed by atoms with E-state index in [2.05, 4.69) is 47.4 Å². The van der Waals surface area contributed by atoms with Crippen molar-refractivity contribution >= 4 is 55.2 Å². The van der Waals surface area contributed by atoms with Crippen LogP contribution in [0, 0.1) is 13.8 Å². The van der Waals surface area contributed by atoms with Gasteiger partial charge in [-0.1, -0.05) is 29.8 Å². The number of nitrogens with zero attached hydrogens (tertiary/aromatic N) is 4. The Labute approximate surface area is 179 Å². The predicted octanol–water partition coefficient (Wildman–Crippen LogP) is 5.12. The first kappa shape index (κ1) is 20.1. The van der Waals surface area contributed by atoms with Gasteiger partial charge in [-0.25, -0.2) is 0 Å². The van der Waals surface area contributed by atoms with Crippen LogP contribution in [-0.2, 0) is 11.3 Å². The molecule has 0 aliphatic rings. The standard InChI is InChI=1S/C18H18Br2ClN5O/c1-10-16(20)11(2)26(23-10)12(3)18(27)22-17-14(19)9-25(24-17)8-13-6-4-5-7-15(13)21/h4-7,9,12H,8H2,1-3H3,(H,22,24,27). The molecule has 9 heteroatoms. The molecule has 6 nitrogen and oxygen atoms in total. The number of aromatic nitrogens is 4. The molecule has 0 saturated carbocycles. The third-order valence-corrected chi connectivity index (χ3v) is 6.33. The first-order valence-electron chi connectivity index (χ1n) is 8.26. The van der Waals surface area contributed by atoms with Crippen LogP contribution < -0.4 is 5.32 Å². The van der Waals surface area contributed by atoms with Gasteiger partial charge in [-0.05, 0) is 64.3 Å². The highest BCUT2D eigenvalue weighted by molar-refractivity contribution is 9.11. The molecule has 2 heterocycles. The number of amides is 1. The van der Waals surface area contributed by atoms with Crippen molar-refractivity contribution in [2.75, 3.05) is 5.32 Å². The normalized spacial score (nSPS) is 12.2. The second-order valence-electron chi connectivity index (χ2n) is 6.21. The van der Waals surface area contributed by atoms with Crippen molar-refractivity contribution in [3.05, 3.63) is 61.4 Å². The van der Waals surface area contributed by atoms with E-state index in [4.69, 9.17) is 11.6 Å². The first-order chi connectivity index (χ1) is 12.8. The molecule has 0 aliphatic heterocycles. The first-order valence-corrected chi connectivity index (χ1v) is 10.2. The maximum Gasteiger partial charge on any atom is 0.250 e. The molecule has 3 aromatic rings. The molecule has 0 fully saturated rings. The summed E-state index contributed by atoms with van der Waals surface area (Å²) in [5.41, 5.74) is 2.70. The van der Waals surface area contributed by atoms with Crippen LogP contribution in [0.1, 0.15) is 29.9 Å². The van der Waals surface area contributed by atoms with Crippen molar-refractivity contribution in [1.29, 1.82) is 0 Å². The van der Waals surface area contributed by atoms with E-state index in [1.807, 2.05) is 44.3 Å². The lowest BCUT2D eigenvalue weighted by Crippen LogP contribution is -2.25. The second-order valence-corrected chi connectivity index (χ2v) is 8.26. The number of rotatable bonds is 5. The van der Waals surface area contributed by atoms with Gasteiger partial charge in [0, 0.05) is 11.2 Å². The van der Waals surface area contributed by atoms with E-state index >= 15 is 0 Å². The molecular weight excluding hydrogens is 497 g/mol. The van der Waals surface area contributed by atoms with Gasteiger partial charge in [0.1, 0.15) is 6.04 Å². The van der Waals surface area contributed by atoms with Crippen molar-refractivity contribution in [2.45, 2.75) is 33.4 Å². The summed E-state index contributed by atoms with van der Waals surface area (Å²) >= 11 is 13.1. The molecule has 0 spiro atoms. The number of hydrogen-bond donors (Lipinski definition) is 1. The molecule has 1 unspecified atom stereocenters. The monoisotopic (exact) mass is 513 g/mol. The van der Waals surface area contributed by atoms with E-state index in [-0.39, 0.29) is 5.91 Å². The molecule has 142 valence electrons. The van der Waals surface area contributed by atoms with E-state index in [9.17, 15) is 4.79 Å². The maximum atomic E-state index is 12.7. The van der Waals surface area contributed by atoms with Crippen molar-refractivity contribution in [3.8, 4) is 0 Å². The van der Waals surface area contributed by atoms with Crippen molar-refractivity contribution in [1.82, 2.24) is 19.6 Å². The Hall–Kier alpha value is -1.64. The molecule has 2 aromatic heterocycles. The molecule has 0 saturated heterocycles. The van der Waals surface area contributed by atoms with Crippen molar-refractivity contribution < 1.29 is 4.79 Å². The summed E-state index contributed by atoms with van der Waals surface area (Å²) in [6.45, 7) is 6.12. The summed E-state index contributed by atoms with van der Waals surface area (Å²) in [7, 11) is 0. The Morgan fingerprint density at radius 1 is 1.26 bits per heavy atom. The zero-order valence-corrected chi connectivity index (χ0v) is 18.9. The third-order valence-electron chi connectivity index (χ3n) is 4.23. The molecule has 0 radical (unpaired) electrons. The summed E-state index contributed by atoms with van der Waals surface area (Å²) in [5.74, 6) is 0.260. The lowest BCUT2D eigenvalue weighted by molar-refractivity contribution is -0.119. The highest BCUT2D eigenvalue weighted by Crippen LogP contribution is 2.26. The zero-order chi connectivity index (χ0) is 19.7. The summed E-state index contributed by atoms with van der Waals surface area (Å²) in [4.78, 5) is 12.7. The lowest BCUT2D eigenvalue weighted by Gasteiger charge is -2.13. The summed E-state index contributed by atoms with van der Waals surface area (Å²) < 4.78 is 5.03. The largest absolute Gasteiger partial charge is 0.306 e. The third kappa shape index (κ3) is 4.28. The predicted molar refractivity (Wildman–Crippen MR) is 113 cm³/mol. The highest BCUT2D eigenvalue weighted by atomic mass is 79.9. The van der Waals surface area contributed by atoms with E-state index in [1.165, 1.54) is 0 Å². The minimum atomic E-state index is -0.476. The molecule has 0 bridgehead atoms. The van der Waals surface area contributed by atoms with Crippen molar-refractivity contribution in [3.63, 3.8) is 0 Å². The van der Waals surface area contributed by atoms with E-state index in [1.54, 1.807) is 16.3 Å². The van der Waals surface area contributed by atoms with Gasteiger partial charge in [0.05, 0.1) is 26.9 Å². The van der Waals surface area contributed by atoms with Crippen LogP contribution in [0.4, 0.5) is 5.82 Å². The summed E-state index contributed by atoms with van der Waals surface area (Å²) in [5, 5.41) is 12.4. The molecule has 0 aliphatic carbocycles. The Morgan fingerprint density at radius 3 is 2.59 bits per heavy atom. The Bertz CT molecular complexity index is 998. The number of carbonyl (C=O) groups is 1. The van der Waals surface area contributed by atoms with Crippen LogP contribution in [0.15, 0.2) is 39.4 Å². The van der Waals surface area contributed by atoms with Crippen LogP contribution in [0.3, 0.4) is 0 Å². The summed E-state index contributed by atoms with van der Waals surface area (Å²) in [6.07, 6.45) is 1.81. The number of aryl methyl sites for hydroxylation is 1. The minimum absolute atomic E-state index is 0.197. The fourth-order valence-corrected chi connectivity index (χ4v) is 3.59. The van der Waals surface area contributed by atoms with Gasteiger partial charge in [-0.15, -0.1) is 0 Å². The Kier molecular flexibility index (Phi) is 6.08. The van der Waals surface area contributed by atoms with Gasteiger partial charge < -0.3 is 5.32 Å². The quantitative estimate of drug-likeness (QED) is 0.513. The molecular formula is C18H18Br2ClN5O. The van der Waals surface area contributed by atoms with Crippen LogP contribution in [0.5, 0.6) is 0 Å². The Balaban J connectivity index is 1.75. The molecule has 3 rings (SSSR count). The average molecular weight is 516 g/mol. The molecule has 1 aromatic carbocycles. The lowest BCUT2D eigenvalue weighted by atomic mass is 10.2. The van der Waals surface area contributed by atoms with Crippen molar-refractivity contribution in [2.24, 2.45) is 0 Å². The molecule has 1 N–H and O–H groups in total. The van der Waals surface area contributed by atoms with Gasteiger partial charge >= 0.3 is 0 Å². The van der Waals surface area contributed by atoms with Gasteiger partial charge in [0.25, 0.3) is 0 Å². The number of hydrogen-bond acceptors (Lipinski definition) is 3. The number of halogens is 3. The SMILES string of the molecule is Cc1nn(C(C)C(=O)Nc2nn(Cc3ccccc3Cl)cc2Br)c(C)c1Br. The number of benzene rings is 1. The van der Waals surface area contributed by atoms with Gasteiger partial charge in [0.2, 0.25) is 5.91 Å². The van der Waals surface area contributed by atoms with E-state index in [0.29, 0.717) is 21.9 Å². The van der Waals surface area contributed by atoms with Crippen LogP contribution in [0.25, 0.3) is 0 Å². The molecule has 27 heavy (non-hydrogen) atoms. The van der Waals surface area contributed by atoms with Gasteiger partial charge in [0.15, 0.2) is 5.82 Å². The highest BCUT2D eigenvalue weighted by Gasteiger charge is 2.22. The van der Waals surface area contributed by atoms with Gasteiger partial charge in [-0.2, -0.15) is 10.2 Å². The maximum absolute atomic E-state index is 12.7. The molecule has 1 atom stereocenters. The number of nitrogens with one attached hydrogen (secondary N) is 1. The number of carbonyl (C=O) groups excluding carboxylic acids is 1. The minimum Gasteiger partial charge on any atom is -0.306 e. The van der Waals surface area contributed by atoms with Crippen LogP contribution in [0.2, 0.25) is 5.02 Å². The van der Waals surface area contributed by atoms with Gasteiger partial charge in [-0.3, -0.25) is 14.2 Å². The average Bonchev–Trinajstić information content (AvgIpc) is 3.10. The van der Waals surface area contributed by atoms with E-state index < -0.39 is 6.04 Å². The smallest absolute Gasteiger partial charge is 0.250 e. The second kappa shape index (κ2) is 8.16.